The highest BCUT2D eigenvalue weighted by molar-refractivity contribution is 7.09. The predicted octanol–water partition coefficient (Wildman–Crippen LogP) is 2.81. The molecule has 0 amide bonds. The monoisotopic (exact) mass is 372 g/mol. The van der Waals surface area contributed by atoms with Crippen molar-refractivity contribution in [2.75, 3.05) is 49.1 Å². The van der Waals surface area contributed by atoms with Crippen molar-refractivity contribution in [3.63, 3.8) is 0 Å². The Balaban J connectivity index is 1.34. The van der Waals surface area contributed by atoms with Gasteiger partial charge < -0.3 is 9.80 Å². The van der Waals surface area contributed by atoms with Gasteiger partial charge in [0.1, 0.15) is 18.0 Å². The van der Waals surface area contributed by atoms with Crippen LogP contribution < -0.4 is 9.80 Å². The third-order valence-electron chi connectivity index (χ3n) is 5.30. The van der Waals surface area contributed by atoms with Crippen LogP contribution in [-0.4, -0.2) is 59.1 Å². The summed E-state index contributed by atoms with van der Waals surface area (Å²) in [5.41, 5.74) is 1.22. The number of thiazole rings is 1. The first-order chi connectivity index (χ1) is 12.8. The van der Waals surface area contributed by atoms with Crippen LogP contribution in [0.3, 0.4) is 0 Å². The van der Waals surface area contributed by atoms with Gasteiger partial charge in [-0.15, -0.1) is 11.3 Å². The summed E-state index contributed by atoms with van der Waals surface area (Å²) in [6, 6.07) is 2.18. The van der Waals surface area contributed by atoms with Crippen molar-refractivity contribution in [2.24, 2.45) is 0 Å². The van der Waals surface area contributed by atoms with E-state index in [0.29, 0.717) is 0 Å². The van der Waals surface area contributed by atoms with Crippen molar-refractivity contribution >= 4 is 23.0 Å². The van der Waals surface area contributed by atoms with Crippen LogP contribution in [0.15, 0.2) is 17.8 Å². The second kappa shape index (κ2) is 8.31. The van der Waals surface area contributed by atoms with E-state index in [1.165, 1.54) is 30.0 Å². The van der Waals surface area contributed by atoms with Crippen LogP contribution in [-0.2, 0) is 13.0 Å². The number of hydrogen-bond acceptors (Lipinski definition) is 7. The number of aromatic nitrogens is 3. The highest BCUT2D eigenvalue weighted by Gasteiger charge is 2.20. The Bertz CT molecular complexity index is 704. The zero-order valence-corrected chi connectivity index (χ0v) is 16.4. The highest BCUT2D eigenvalue weighted by atomic mass is 32.1. The van der Waals surface area contributed by atoms with Gasteiger partial charge in [-0.25, -0.2) is 15.0 Å². The maximum Gasteiger partial charge on any atom is 0.134 e. The first kappa shape index (κ1) is 17.7. The standard InChI is InChI=1S/C19H28N6S/c1-2-19-22-16(14-26-19)13-23-8-10-25(11-9-23)18-12-17(20-15-21-18)24-6-4-3-5-7-24/h12,14-15H,2-11,13H2,1H3. The van der Waals surface area contributed by atoms with Gasteiger partial charge in [-0.3, -0.25) is 4.90 Å². The minimum Gasteiger partial charge on any atom is -0.356 e. The fourth-order valence-corrected chi connectivity index (χ4v) is 4.49. The quantitative estimate of drug-likeness (QED) is 0.804. The van der Waals surface area contributed by atoms with E-state index in [4.69, 9.17) is 4.98 Å². The molecule has 2 fully saturated rings. The second-order valence-electron chi connectivity index (χ2n) is 7.13. The number of aryl methyl sites for hydroxylation is 1. The lowest BCUT2D eigenvalue weighted by Gasteiger charge is -2.35. The van der Waals surface area contributed by atoms with Crippen LogP contribution in [0.2, 0.25) is 0 Å². The Morgan fingerprint density at radius 2 is 1.62 bits per heavy atom. The molecule has 0 spiro atoms. The van der Waals surface area contributed by atoms with Crippen LogP contribution in [0.5, 0.6) is 0 Å². The van der Waals surface area contributed by atoms with Gasteiger partial charge in [-0.2, -0.15) is 0 Å². The summed E-state index contributed by atoms with van der Waals surface area (Å²) >= 11 is 1.78. The van der Waals surface area contributed by atoms with Gasteiger partial charge in [-0.05, 0) is 25.7 Å². The lowest BCUT2D eigenvalue weighted by atomic mass is 10.1. The van der Waals surface area contributed by atoms with Gasteiger partial charge in [0.05, 0.1) is 10.7 Å². The molecule has 6 nitrogen and oxygen atoms in total. The lowest BCUT2D eigenvalue weighted by Crippen LogP contribution is -2.46. The zero-order chi connectivity index (χ0) is 17.8. The molecule has 0 atom stereocenters. The average molecular weight is 373 g/mol. The van der Waals surface area contributed by atoms with Gasteiger partial charge in [0.25, 0.3) is 0 Å². The highest BCUT2D eigenvalue weighted by Crippen LogP contribution is 2.22. The van der Waals surface area contributed by atoms with Crippen molar-refractivity contribution in [2.45, 2.75) is 39.2 Å². The number of piperazine rings is 1. The molecule has 140 valence electrons. The molecule has 0 unspecified atom stereocenters. The fourth-order valence-electron chi connectivity index (χ4n) is 3.75. The molecule has 0 bridgehead atoms. The summed E-state index contributed by atoms with van der Waals surface area (Å²) in [5.74, 6) is 2.16. The summed E-state index contributed by atoms with van der Waals surface area (Å²) in [6.45, 7) is 9.52. The van der Waals surface area contributed by atoms with E-state index in [-0.39, 0.29) is 0 Å². The molecule has 2 saturated heterocycles. The topological polar surface area (TPSA) is 48.4 Å². The number of anilines is 2. The van der Waals surface area contributed by atoms with E-state index < -0.39 is 0 Å². The maximum atomic E-state index is 4.70. The first-order valence-electron chi connectivity index (χ1n) is 9.79. The zero-order valence-electron chi connectivity index (χ0n) is 15.6. The van der Waals surface area contributed by atoms with Crippen LogP contribution in [0.25, 0.3) is 0 Å². The summed E-state index contributed by atoms with van der Waals surface area (Å²) < 4.78 is 0. The molecule has 2 aromatic rings. The van der Waals surface area contributed by atoms with Gasteiger partial charge in [-0.1, -0.05) is 6.92 Å². The Morgan fingerprint density at radius 3 is 2.27 bits per heavy atom. The summed E-state index contributed by atoms with van der Waals surface area (Å²) in [7, 11) is 0. The van der Waals surface area contributed by atoms with Gasteiger partial charge in [0.2, 0.25) is 0 Å². The van der Waals surface area contributed by atoms with E-state index in [0.717, 1.165) is 63.9 Å². The third-order valence-corrected chi connectivity index (χ3v) is 6.34. The minimum atomic E-state index is 0.965. The molecular formula is C19H28N6S. The second-order valence-corrected chi connectivity index (χ2v) is 8.07. The van der Waals surface area contributed by atoms with Gasteiger partial charge in [0, 0.05) is 57.3 Å². The molecule has 4 rings (SSSR count). The SMILES string of the molecule is CCc1nc(CN2CCN(c3cc(N4CCCCC4)ncn3)CC2)cs1. The number of rotatable bonds is 5. The van der Waals surface area contributed by atoms with Crippen molar-refractivity contribution in [3.8, 4) is 0 Å². The van der Waals surface area contributed by atoms with E-state index in [1.54, 1.807) is 17.7 Å². The molecule has 4 heterocycles. The van der Waals surface area contributed by atoms with Crippen LogP contribution in [0.4, 0.5) is 11.6 Å². The molecule has 2 aliphatic heterocycles. The summed E-state index contributed by atoms with van der Waals surface area (Å²) in [6.07, 6.45) is 6.65. The minimum absolute atomic E-state index is 0.965. The maximum absolute atomic E-state index is 4.70. The fraction of sp³-hybridized carbons (Fsp3) is 0.632. The number of hydrogen-bond donors (Lipinski definition) is 0. The normalized spacial score (nSPS) is 19.1. The van der Waals surface area contributed by atoms with Gasteiger partial charge >= 0.3 is 0 Å². The smallest absolute Gasteiger partial charge is 0.134 e. The van der Waals surface area contributed by atoms with Crippen molar-refractivity contribution in [3.05, 3.63) is 28.5 Å². The first-order valence-corrected chi connectivity index (χ1v) is 10.7. The van der Waals surface area contributed by atoms with Crippen LogP contribution in [0.1, 0.15) is 36.9 Å². The Kier molecular flexibility index (Phi) is 5.65. The van der Waals surface area contributed by atoms with Crippen molar-refractivity contribution in [1.29, 1.82) is 0 Å². The van der Waals surface area contributed by atoms with E-state index in [2.05, 4.69) is 43.0 Å². The van der Waals surface area contributed by atoms with E-state index in [1.807, 2.05) is 0 Å². The Hall–Kier alpha value is -1.73. The molecule has 0 saturated carbocycles. The predicted molar refractivity (Wildman–Crippen MR) is 107 cm³/mol. The Morgan fingerprint density at radius 1 is 0.923 bits per heavy atom. The average Bonchev–Trinajstić information content (AvgIpc) is 3.17. The molecule has 0 N–H and O–H groups in total. The molecule has 0 aromatic carbocycles. The largest absolute Gasteiger partial charge is 0.356 e. The van der Waals surface area contributed by atoms with E-state index >= 15 is 0 Å². The molecule has 2 aromatic heterocycles. The number of piperidine rings is 1. The number of nitrogens with zero attached hydrogens (tertiary/aromatic N) is 6. The van der Waals surface area contributed by atoms with Gasteiger partial charge in [0.15, 0.2) is 0 Å². The third kappa shape index (κ3) is 4.15. The molecule has 0 radical (unpaired) electrons. The summed E-state index contributed by atoms with van der Waals surface area (Å²) in [4.78, 5) is 21.0. The Labute approximate surface area is 159 Å². The molecule has 2 aliphatic rings. The lowest BCUT2D eigenvalue weighted by molar-refractivity contribution is 0.247. The molecule has 26 heavy (non-hydrogen) atoms. The summed E-state index contributed by atoms with van der Waals surface area (Å²) in [5, 5.41) is 3.45. The van der Waals surface area contributed by atoms with Crippen molar-refractivity contribution < 1.29 is 0 Å². The molecule has 0 aliphatic carbocycles. The molecular weight excluding hydrogens is 344 g/mol. The molecule has 7 heteroatoms. The van der Waals surface area contributed by atoms with Crippen LogP contribution >= 0.6 is 11.3 Å². The van der Waals surface area contributed by atoms with Crippen molar-refractivity contribution in [1.82, 2.24) is 19.9 Å². The van der Waals surface area contributed by atoms with Crippen LogP contribution in [0, 0.1) is 0 Å². The van der Waals surface area contributed by atoms with E-state index in [9.17, 15) is 0 Å².